The van der Waals surface area contributed by atoms with Gasteiger partial charge in [-0.05, 0) is 24.6 Å². The summed E-state index contributed by atoms with van der Waals surface area (Å²) in [6.07, 6.45) is 3.11. The van der Waals surface area contributed by atoms with Crippen molar-refractivity contribution >= 4 is 5.69 Å². The van der Waals surface area contributed by atoms with Crippen molar-refractivity contribution in [2.45, 2.75) is 6.92 Å². The van der Waals surface area contributed by atoms with Crippen LogP contribution in [0.1, 0.15) is 11.4 Å². The Balaban J connectivity index is 2.66. The van der Waals surface area contributed by atoms with E-state index in [1.807, 2.05) is 6.07 Å². The lowest BCUT2D eigenvalue weighted by Crippen LogP contribution is -2.03. The van der Waals surface area contributed by atoms with Crippen molar-refractivity contribution in [2.24, 2.45) is 0 Å². The van der Waals surface area contributed by atoms with Crippen molar-refractivity contribution in [3.63, 3.8) is 0 Å². The van der Waals surface area contributed by atoms with E-state index in [0.717, 1.165) is 0 Å². The molecule has 0 aliphatic rings. The Kier molecular flexibility index (Phi) is 2.33. The molecular weight excluding hydrogens is 207 g/mol. The highest BCUT2D eigenvalue weighted by Gasteiger charge is 2.09. The molecule has 2 rings (SSSR count). The Morgan fingerprint density at radius 2 is 2.25 bits per heavy atom. The van der Waals surface area contributed by atoms with Gasteiger partial charge in [-0.15, -0.1) is 0 Å². The van der Waals surface area contributed by atoms with Gasteiger partial charge in [-0.25, -0.2) is 9.37 Å². The number of anilines is 1. The monoisotopic (exact) mass is 216 g/mol. The smallest absolute Gasteiger partial charge is 0.217 e. The fraction of sp³-hybridized carbons (Fsp3) is 0.0909. The van der Waals surface area contributed by atoms with Crippen molar-refractivity contribution in [2.75, 3.05) is 5.73 Å². The predicted molar refractivity (Wildman–Crippen MR) is 57.4 cm³/mol. The van der Waals surface area contributed by atoms with E-state index in [4.69, 9.17) is 11.0 Å². The molecule has 0 aliphatic heterocycles. The maximum atomic E-state index is 13.2. The van der Waals surface area contributed by atoms with Crippen molar-refractivity contribution in [3.05, 3.63) is 41.7 Å². The van der Waals surface area contributed by atoms with Crippen molar-refractivity contribution in [1.29, 1.82) is 5.26 Å². The van der Waals surface area contributed by atoms with Crippen LogP contribution in [0.15, 0.2) is 24.5 Å². The van der Waals surface area contributed by atoms with Gasteiger partial charge in [-0.2, -0.15) is 5.26 Å². The molecule has 16 heavy (non-hydrogen) atoms. The summed E-state index contributed by atoms with van der Waals surface area (Å²) in [7, 11) is 0. The van der Waals surface area contributed by atoms with E-state index < -0.39 is 0 Å². The summed E-state index contributed by atoms with van der Waals surface area (Å²) in [5, 5.41) is 8.84. The lowest BCUT2D eigenvalue weighted by atomic mass is 10.2. The molecule has 0 bridgehead atoms. The lowest BCUT2D eigenvalue weighted by molar-refractivity contribution is 0.618. The van der Waals surface area contributed by atoms with Crippen LogP contribution in [0.4, 0.5) is 10.1 Å². The molecular formula is C11H9FN4. The van der Waals surface area contributed by atoms with Gasteiger partial charge >= 0.3 is 0 Å². The number of nitriles is 1. The van der Waals surface area contributed by atoms with Crippen molar-refractivity contribution in [1.82, 2.24) is 9.55 Å². The number of imidazole rings is 1. The third-order valence-electron chi connectivity index (χ3n) is 2.31. The van der Waals surface area contributed by atoms with Crippen LogP contribution in [-0.4, -0.2) is 9.55 Å². The van der Waals surface area contributed by atoms with Gasteiger partial charge in [0.25, 0.3) is 0 Å². The zero-order valence-corrected chi connectivity index (χ0v) is 8.61. The second-order valence-corrected chi connectivity index (χ2v) is 3.39. The molecule has 0 saturated carbocycles. The fourth-order valence-corrected chi connectivity index (χ4v) is 1.47. The van der Waals surface area contributed by atoms with Gasteiger partial charge in [0.1, 0.15) is 11.9 Å². The van der Waals surface area contributed by atoms with Crippen LogP contribution in [0, 0.1) is 24.1 Å². The number of benzene rings is 1. The van der Waals surface area contributed by atoms with Crippen LogP contribution in [0.25, 0.3) is 5.69 Å². The van der Waals surface area contributed by atoms with Gasteiger partial charge in [0.05, 0.1) is 11.4 Å². The molecule has 2 N–H and O–H groups in total. The van der Waals surface area contributed by atoms with Crippen LogP contribution < -0.4 is 5.73 Å². The Morgan fingerprint density at radius 3 is 2.94 bits per heavy atom. The van der Waals surface area contributed by atoms with E-state index in [9.17, 15) is 4.39 Å². The highest BCUT2D eigenvalue weighted by Crippen LogP contribution is 2.22. The summed E-state index contributed by atoms with van der Waals surface area (Å²) in [4.78, 5) is 3.86. The molecule has 4 nitrogen and oxygen atoms in total. The molecule has 0 amide bonds. The second kappa shape index (κ2) is 3.66. The fourth-order valence-electron chi connectivity index (χ4n) is 1.47. The highest BCUT2D eigenvalue weighted by atomic mass is 19.1. The number of aryl methyl sites for hydroxylation is 1. The van der Waals surface area contributed by atoms with Crippen molar-refractivity contribution in [3.8, 4) is 11.8 Å². The Bertz CT molecular complexity index is 580. The first-order valence-electron chi connectivity index (χ1n) is 4.63. The molecule has 0 saturated heterocycles. The molecule has 0 aliphatic carbocycles. The maximum absolute atomic E-state index is 13.2. The van der Waals surface area contributed by atoms with Crippen LogP contribution in [0.5, 0.6) is 0 Å². The third-order valence-corrected chi connectivity index (χ3v) is 2.31. The Hall–Kier alpha value is -2.35. The van der Waals surface area contributed by atoms with Gasteiger partial charge in [-0.3, -0.25) is 4.57 Å². The Morgan fingerprint density at radius 1 is 1.50 bits per heavy atom. The van der Waals surface area contributed by atoms with Crippen molar-refractivity contribution < 1.29 is 4.39 Å². The molecule has 1 heterocycles. The third kappa shape index (κ3) is 1.50. The minimum absolute atomic E-state index is 0.220. The van der Waals surface area contributed by atoms with E-state index >= 15 is 0 Å². The second-order valence-electron chi connectivity index (χ2n) is 3.39. The normalized spacial score (nSPS) is 10.1. The van der Waals surface area contributed by atoms with Gasteiger partial charge in [0, 0.05) is 12.4 Å². The number of nitrogen functional groups attached to an aromatic ring is 1. The SMILES string of the molecule is Cc1cc(-n2ccnc2C#N)c(N)cc1F. The summed E-state index contributed by atoms with van der Waals surface area (Å²) in [5.74, 6) is -0.141. The number of hydrogen-bond acceptors (Lipinski definition) is 3. The topological polar surface area (TPSA) is 67.6 Å². The maximum Gasteiger partial charge on any atom is 0.217 e. The van der Waals surface area contributed by atoms with Crippen LogP contribution in [0.2, 0.25) is 0 Å². The number of hydrogen-bond donors (Lipinski definition) is 1. The molecule has 0 spiro atoms. The van der Waals surface area contributed by atoms with Gasteiger partial charge < -0.3 is 5.73 Å². The molecule has 1 aromatic carbocycles. The van der Waals surface area contributed by atoms with Crippen LogP contribution in [-0.2, 0) is 0 Å². The van der Waals surface area contributed by atoms with Crippen LogP contribution >= 0.6 is 0 Å². The molecule has 80 valence electrons. The molecule has 0 fully saturated rings. The largest absolute Gasteiger partial charge is 0.397 e. The first kappa shape index (κ1) is 10.2. The van der Waals surface area contributed by atoms with Gasteiger partial charge in [0.15, 0.2) is 0 Å². The van der Waals surface area contributed by atoms with Crippen LogP contribution in [0.3, 0.4) is 0 Å². The molecule has 1 aromatic heterocycles. The van der Waals surface area contributed by atoms with Gasteiger partial charge in [0.2, 0.25) is 5.82 Å². The van der Waals surface area contributed by atoms with E-state index in [2.05, 4.69) is 4.98 Å². The zero-order chi connectivity index (χ0) is 11.7. The summed E-state index contributed by atoms with van der Waals surface area (Å²) in [6.45, 7) is 1.64. The first-order chi connectivity index (χ1) is 7.63. The molecule has 0 atom stereocenters. The highest BCUT2D eigenvalue weighted by molar-refractivity contribution is 5.60. The quantitative estimate of drug-likeness (QED) is 0.738. The molecule has 2 aromatic rings. The molecule has 5 heteroatoms. The minimum Gasteiger partial charge on any atom is -0.397 e. The van der Waals surface area contributed by atoms with E-state index in [1.54, 1.807) is 19.2 Å². The summed E-state index contributed by atoms with van der Waals surface area (Å²) < 4.78 is 14.7. The summed E-state index contributed by atoms with van der Waals surface area (Å²) in [6, 6.07) is 4.77. The predicted octanol–water partition coefficient (Wildman–Crippen LogP) is 1.77. The average Bonchev–Trinajstić information content (AvgIpc) is 2.71. The first-order valence-corrected chi connectivity index (χ1v) is 4.63. The van der Waals surface area contributed by atoms with E-state index in [0.29, 0.717) is 11.3 Å². The number of halogens is 1. The van der Waals surface area contributed by atoms with Gasteiger partial charge in [-0.1, -0.05) is 0 Å². The van der Waals surface area contributed by atoms with E-state index in [1.165, 1.54) is 16.8 Å². The minimum atomic E-state index is -0.361. The number of nitrogens with zero attached hydrogens (tertiary/aromatic N) is 3. The summed E-state index contributed by atoms with van der Waals surface area (Å²) >= 11 is 0. The number of aromatic nitrogens is 2. The van der Waals surface area contributed by atoms with E-state index in [-0.39, 0.29) is 17.3 Å². The molecule has 0 unspecified atom stereocenters. The Labute approximate surface area is 91.8 Å². The standard InChI is InChI=1S/C11H9FN4/c1-7-4-10(9(14)5-8(7)12)16-3-2-15-11(16)6-13/h2-5H,14H2,1H3. The average molecular weight is 216 g/mol. The summed E-state index contributed by atoms with van der Waals surface area (Å²) in [5.41, 5.74) is 7.02. The number of nitrogens with two attached hydrogens (primary N) is 1. The zero-order valence-electron chi connectivity index (χ0n) is 8.61. The number of rotatable bonds is 1. The lowest BCUT2D eigenvalue weighted by Gasteiger charge is -2.09. The molecule has 0 radical (unpaired) electrons.